The van der Waals surface area contributed by atoms with Crippen molar-refractivity contribution in [2.24, 2.45) is 11.3 Å². The van der Waals surface area contributed by atoms with E-state index >= 15 is 0 Å². The first-order valence-electron chi connectivity index (χ1n) is 6.40. The van der Waals surface area contributed by atoms with Crippen molar-refractivity contribution in [3.8, 4) is 0 Å². The van der Waals surface area contributed by atoms with Crippen molar-refractivity contribution in [2.75, 3.05) is 0 Å². The molecule has 1 aliphatic rings. The van der Waals surface area contributed by atoms with Gasteiger partial charge in [0.2, 0.25) is 0 Å². The summed E-state index contributed by atoms with van der Waals surface area (Å²) in [5.74, 6) is 0.220. The summed E-state index contributed by atoms with van der Waals surface area (Å²) in [4.78, 5) is 0. The molecule has 1 N–H and O–H groups in total. The standard InChI is InChI=1S/C14H28O2/c1-8-12(2,3)11(15)10-9-13(4,5)16-14(10,6)7/h10-11,15H,8-9H2,1-7H3. The molecule has 0 aliphatic carbocycles. The minimum atomic E-state index is -0.297. The average molecular weight is 228 g/mol. The highest BCUT2D eigenvalue weighted by Gasteiger charge is 2.51. The summed E-state index contributed by atoms with van der Waals surface area (Å²) in [5.41, 5.74) is -0.375. The van der Waals surface area contributed by atoms with Crippen LogP contribution in [0.2, 0.25) is 0 Å². The fourth-order valence-corrected chi connectivity index (χ4v) is 2.85. The summed E-state index contributed by atoms with van der Waals surface area (Å²) < 4.78 is 6.05. The third kappa shape index (κ3) is 2.60. The molecular formula is C14H28O2. The highest BCUT2D eigenvalue weighted by molar-refractivity contribution is 5.00. The molecule has 1 aliphatic heterocycles. The molecule has 0 spiro atoms. The van der Waals surface area contributed by atoms with Gasteiger partial charge in [0.1, 0.15) is 0 Å². The van der Waals surface area contributed by atoms with Gasteiger partial charge in [0, 0.05) is 5.92 Å². The highest BCUT2D eigenvalue weighted by Crippen LogP contribution is 2.47. The molecule has 0 amide bonds. The van der Waals surface area contributed by atoms with Gasteiger partial charge >= 0.3 is 0 Å². The van der Waals surface area contributed by atoms with Crippen LogP contribution in [0.25, 0.3) is 0 Å². The predicted octanol–water partition coefficient (Wildman–Crippen LogP) is 3.38. The molecule has 0 aromatic carbocycles. The Morgan fingerprint density at radius 2 is 1.81 bits per heavy atom. The summed E-state index contributed by atoms with van der Waals surface area (Å²) >= 11 is 0. The van der Waals surface area contributed by atoms with Gasteiger partial charge in [0.05, 0.1) is 17.3 Å². The molecule has 0 saturated carbocycles. The topological polar surface area (TPSA) is 29.5 Å². The molecule has 16 heavy (non-hydrogen) atoms. The minimum absolute atomic E-state index is 0.0360. The SMILES string of the molecule is CCC(C)(C)C(O)C1CC(C)(C)OC1(C)C. The lowest BCUT2D eigenvalue weighted by Crippen LogP contribution is -2.43. The smallest absolute Gasteiger partial charge is 0.0687 e. The molecule has 2 heteroatoms. The molecule has 1 heterocycles. The van der Waals surface area contributed by atoms with E-state index in [0.29, 0.717) is 0 Å². The molecule has 2 nitrogen and oxygen atoms in total. The van der Waals surface area contributed by atoms with Crippen LogP contribution in [0.5, 0.6) is 0 Å². The van der Waals surface area contributed by atoms with Gasteiger partial charge in [-0.2, -0.15) is 0 Å². The second kappa shape index (κ2) is 3.99. The second-order valence-electron chi connectivity index (χ2n) is 7.06. The van der Waals surface area contributed by atoms with Gasteiger partial charge in [-0.25, -0.2) is 0 Å². The van der Waals surface area contributed by atoms with Gasteiger partial charge in [0.25, 0.3) is 0 Å². The van der Waals surface area contributed by atoms with E-state index in [2.05, 4.69) is 48.5 Å². The Kier molecular flexibility index (Phi) is 3.49. The molecule has 0 bridgehead atoms. The number of aliphatic hydroxyl groups is 1. The summed E-state index contributed by atoms with van der Waals surface area (Å²) in [6, 6.07) is 0. The summed E-state index contributed by atoms with van der Waals surface area (Å²) in [5, 5.41) is 10.6. The van der Waals surface area contributed by atoms with Gasteiger partial charge in [-0.3, -0.25) is 0 Å². The zero-order chi connectivity index (χ0) is 12.8. The molecule has 1 rings (SSSR count). The van der Waals surface area contributed by atoms with Crippen LogP contribution in [0.4, 0.5) is 0 Å². The van der Waals surface area contributed by atoms with Crippen LogP contribution >= 0.6 is 0 Å². The Morgan fingerprint density at radius 1 is 1.31 bits per heavy atom. The quantitative estimate of drug-likeness (QED) is 0.802. The number of hydrogen-bond acceptors (Lipinski definition) is 2. The molecule has 1 fully saturated rings. The third-order valence-electron chi connectivity index (χ3n) is 4.24. The van der Waals surface area contributed by atoms with Gasteiger partial charge in [-0.15, -0.1) is 0 Å². The summed E-state index contributed by atoms with van der Waals surface area (Å²) in [6.45, 7) is 14.8. The van der Waals surface area contributed by atoms with Crippen molar-refractivity contribution in [1.82, 2.24) is 0 Å². The van der Waals surface area contributed by atoms with E-state index in [0.717, 1.165) is 12.8 Å². The lowest BCUT2D eigenvalue weighted by molar-refractivity contribution is -0.103. The van der Waals surface area contributed by atoms with Crippen LogP contribution in [-0.2, 0) is 4.74 Å². The maximum absolute atomic E-state index is 10.6. The molecular weight excluding hydrogens is 200 g/mol. The van der Waals surface area contributed by atoms with Gasteiger partial charge < -0.3 is 9.84 Å². The zero-order valence-electron chi connectivity index (χ0n) is 11.9. The van der Waals surface area contributed by atoms with E-state index in [9.17, 15) is 5.11 Å². The van der Waals surface area contributed by atoms with E-state index in [1.54, 1.807) is 0 Å². The Morgan fingerprint density at radius 3 is 2.12 bits per heavy atom. The Balaban J connectivity index is 2.89. The van der Waals surface area contributed by atoms with Crippen LogP contribution in [0.1, 0.15) is 61.3 Å². The number of rotatable bonds is 3. The van der Waals surface area contributed by atoms with Crippen molar-refractivity contribution in [3.63, 3.8) is 0 Å². The fourth-order valence-electron chi connectivity index (χ4n) is 2.85. The van der Waals surface area contributed by atoms with Crippen molar-refractivity contribution in [1.29, 1.82) is 0 Å². The average Bonchev–Trinajstić information content (AvgIpc) is 2.32. The van der Waals surface area contributed by atoms with Gasteiger partial charge in [0.15, 0.2) is 0 Å². The molecule has 2 atom stereocenters. The number of ether oxygens (including phenoxy) is 1. The van der Waals surface area contributed by atoms with E-state index in [1.807, 2.05) is 0 Å². The molecule has 0 aromatic rings. The second-order valence-corrected chi connectivity index (χ2v) is 7.06. The normalized spacial score (nSPS) is 30.4. The van der Waals surface area contributed by atoms with Crippen LogP contribution in [0, 0.1) is 11.3 Å². The first-order valence-corrected chi connectivity index (χ1v) is 6.40. The van der Waals surface area contributed by atoms with Crippen molar-refractivity contribution < 1.29 is 9.84 Å². The van der Waals surface area contributed by atoms with E-state index in [4.69, 9.17) is 4.74 Å². The summed E-state index contributed by atoms with van der Waals surface area (Å²) in [7, 11) is 0. The van der Waals surface area contributed by atoms with Gasteiger partial charge in [-0.1, -0.05) is 20.8 Å². The third-order valence-corrected chi connectivity index (χ3v) is 4.24. The molecule has 2 unspecified atom stereocenters. The van der Waals surface area contributed by atoms with Gasteiger partial charge in [-0.05, 0) is 46.0 Å². The van der Waals surface area contributed by atoms with E-state index in [-0.39, 0.29) is 28.6 Å². The lowest BCUT2D eigenvalue weighted by atomic mass is 9.71. The Bertz CT molecular complexity index is 253. The maximum atomic E-state index is 10.6. The Labute approximate surface area is 100 Å². The zero-order valence-corrected chi connectivity index (χ0v) is 11.9. The molecule has 96 valence electrons. The maximum Gasteiger partial charge on any atom is 0.0687 e. The minimum Gasteiger partial charge on any atom is -0.392 e. The van der Waals surface area contributed by atoms with E-state index < -0.39 is 0 Å². The first-order chi connectivity index (χ1) is 7.02. The largest absolute Gasteiger partial charge is 0.392 e. The van der Waals surface area contributed by atoms with Crippen LogP contribution < -0.4 is 0 Å². The Hall–Kier alpha value is -0.0800. The predicted molar refractivity (Wildman–Crippen MR) is 67.4 cm³/mol. The van der Waals surface area contributed by atoms with Crippen LogP contribution in [0.3, 0.4) is 0 Å². The van der Waals surface area contributed by atoms with Crippen LogP contribution in [-0.4, -0.2) is 22.4 Å². The van der Waals surface area contributed by atoms with Crippen molar-refractivity contribution in [3.05, 3.63) is 0 Å². The fraction of sp³-hybridized carbons (Fsp3) is 1.00. The molecule has 0 radical (unpaired) electrons. The first kappa shape index (κ1) is 14.0. The van der Waals surface area contributed by atoms with Crippen LogP contribution in [0.15, 0.2) is 0 Å². The highest BCUT2D eigenvalue weighted by atomic mass is 16.5. The van der Waals surface area contributed by atoms with Crippen molar-refractivity contribution >= 4 is 0 Å². The molecule has 1 saturated heterocycles. The lowest BCUT2D eigenvalue weighted by Gasteiger charge is -2.38. The summed E-state index contributed by atoms with van der Waals surface area (Å²) in [6.07, 6.45) is 1.63. The number of hydrogen-bond donors (Lipinski definition) is 1. The van der Waals surface area contributed by atoms with Crippen molar-refractivity contribution in [2.45, 2.75) is 78.6 Å². The van der Waals surface area contributed by atoms with E-state index in [1.165, 1.54) is 0 Å². The number of aliphatic hydroxyl groups excluding tert-OH is 1. The molecule has 0 aromatic heterocycles. The monoisotopic (exact) mass is 228 g/mol.